The van der Waals surface area contributed by atoms with Crippen LogP contribution in [0.25, 0.3) is 0 Å². The Bertz CT molecular complexity index is 527. The van der Waals surface area contributed by atoms with Crippen LogP contribution in [0.4, 0.5) is 0 Å². The second-order valence-electron chi connectivity index (χ2n) is 2.90. The van der Waals surface area contributed by atoms with Gasteiger partial charge in [0, 0.05) is 0 Å². The van der Waals surface area contributed by atoms with Crippen LogP contribution in [0.3, 0.4) is 0 Å². The molecular weight excluding hydrogens is 275 g/mol. The van der Waals surface area contributed by atoms with E-state index in [1.807, 2.05) is 0 Å². The Kier molecular flexibility index (Phi) is 3.90. The summed E-state index contributed by atoms with van der Waals surface area (Å²) in [6, 6.07) is 3.06. The molecule has 0 heterocycles. The molecule has 0 spiro atoms. The molecule has 0 saturated carbocycles. The average Bonchev–Trinajstić information content (AvgIpc) is 2.27. The van der Waals surface area contributed by atoms with Crippen molar-refractivity contribution >= 4 is 36.7 Å². The summed E-state index contributed by atoms with van der Waals surface area (Å²) < 4.78 is 15.2. The van der Waals surface area contributed by atoms with Crippen LogP contribution in [-0.2, 0) is 8.64 Å². The van der Waals surface area contributed by atoms with Gasteiger partial charge in [0.05, 0.1) is 28.3 Å². The van der Waals surface area contributed by atoms with Crippen LogP contribution < -0.4 is 5.30 Å². The maximum absolute atomic E-state index is 11.4. The Morgan fingerprint density at radius 2 is 1.82 bits per heavy atom. The van der Waals surface area contributed by atoms with Gasteiger partial charge >= 0.3 is 19.5 Å². The van der Waals surface area contributed by atoms with Crippen molar-refractivity contribution in [1.82, 2.24) is 0 Å². The van der Waals surface area contributed by atoms with Gasteiger partial charge in [0.15, 0.2) is 0 Å². The molecule has 1 atom stereocenters. The van der Waals surface area contributed by atoms with Crippen LogP contribution in [0.2, 0.25) is 0 Å². The number of rotatable bonds is 4. The summed E-state index contributed by atoms with van der Waals surface area (Å²) in [4.78, 5) is 31.0. The fourth-order valence-electron chi connectivity index (χ4n) is 1.22. The minimum Gasteiger partial charge on any atom is -0.478 e. The topological polar surface area (TPSA) is 121 Å². The van der Waals surface area contributed by atoms with Crippen molar-refractivity contribution in [2.24, 2.45) is 0 Å². The van der Waals surface area contributed by atoms with E-state index in [0.29, 0.717) is 0 Å². The van der Waals surface area contributed by atoms with E-state index in [1.165, 1.54) is 0 Å². The molecule has 7 nitrogen and oxygen atoms in total. The van der Waals surface area contributed by atoms with Crippen molar-refractivity contribution in [2.75, 3.05) is 0 Å². The van der Waals surface area contributed by atoms with Gasteiger partial charge in [-0.1, -0.05) is 6.07 Å². The first-order chi connectivity index (χ1) is 7.81. The van der Waals surface area contributed by atoms with Gasteiger partial charge in [-0.3, -0.25) is 4.57 Å². The molecule has 0 aliphatic rings. The van der Waals surface area contributed by atoms with Gasteiger partial charge in [-0.25, -0.2) is 9.59 Å². The first kappa shape index (κ1) is 13.7. The Hall–Kier alpha value is -1.40. The number of aromatic carboxylic acids is 2. The average molecular weight is 281 g/mol. The second kappa shape index (κ2) is 4.85. The largest absolute Gasteiger partial charge is 0.478 e. The summed E-state index contributed by atoms with van der Waals surface area (Å²) >= 11 is 4.78. The van der Waals surface area contributed by atoms with Crippen molar-refractivity contribution in [3.05, 3.63) is 29.3 Å². The van der Waals surface area contributed by atoms with Crippen molar-refractivity contribution in [2.45, 2.75) is 0 Å². The maximum Gasteiger partial charge on any atom is 0.375 e. The molecule has 0 aliphatic heterocycles. The molecule has 0 fully saturated rings. The zero-order chi connectivity index (χ0) is 13.2. The minimum atomic E-state index is -4.56. The fraction of sp³-hybridized carbons (Fsp3) is 0. The summed E-state index contributed by atoms with van der Waals surface area (Å²) in [6.07, 6.45) is 0. The lowest BCUT2D eigenvalue weighted by Crippen LogP contribution is -2.21. The van der Waals surface area contributed by atoms with Crippen LogP contribution >= 0.6 is 19.5 Å². The Morgan fingerprint density at radius 3 is 2.24 bits per heavy atom. The molecule has 1 rings (SSSR count). The summed E-state index contributed by atoms with van der Waals surface area (Å²) in [6.45, 7) is 0. The van der Waals surface area contributed by atoms with Crippen molar-refractivity contribution in [3.8, 4) is 0 Å². The highest BCUT2D eigenvalue weighted by Crippen LogP contribution is 2.43. The molecular formula is C8H6ClO7P. The van der Waals surface area contributed by atoms with E-state index in [0.717, 1.165) is 18.2 Å². The van der Waals surface area contributed by atoms with E-state index in [-0.39, 0.29) is 0 Å². The lowest BCUT2D eigenvalue weighted by Gasteiger charge is -2.11. The lowest BCUT2D eigenvalue weighted by atomic mass is 10.1. The molecule has 1 unspecified atom stereocenters. The molecule has 0 saturated heterocycles. The number of hydrogen-bond acceptors (Lipinski definition) is 4. The third-order valence-electron chi connectivity index (χ3n) is 1.88. The van der Waals surface area contributed by atoms with Crippen molar-refractivity contribution < 1.29 is 33.3 Å². The normalized spacial score (nSPS) is 14.0. The summed E-state index contributed by atoms with van der Waals surface area (Å²) in [5.74, 6) is -3.21. The standard InChI is InChI=1S/C8H6ClO7P/c9-16-17(14,15)5-3-1-2-4(7(10)11)6(5)8(12)13/h1-3H,(H,10,11)(H,12,13)(H,14,15). The Labute approximate surface area is 99.9 Å². The molecule has 1 aromatic carbocycles. The third-order valence-corrected chi connectivity index (χ3v) is 3.61. The van der Waals surface area contributed by atoms with Crippen LogP contribution in [0.1, 0.15) is 20.7 Å². The van der Waals surface area contributed by atoms with Crippen LogP contribution in [0.15, 0.2) is 18.2 Å². The van der Waals surface area contributed by atoms with Gasteiger partial charge in [-0.15, -0.1) is 0 Å². The predicted octanol–water partition coefficient (Wildman–Crippen LogP) is 1.06. The Morgan fingerprint density at radius 1 is 1.24 bits per heavy atom. The number of benzene rings is 1. The van der Waals surface area contributed by atoms with Crippen LogP contribution in [-0.4, -0.2) is 27.0 Å². The van der Waals surface area contributed by atoms with Crippen molar-refractivity contribution in [3.63, 3.8) is 0 Å². The quantitative estimate of drug-likeness (QED) is 0.705. The molecule has 1 aromatic rings. The van der Waals surface area contributed by atoms with Gasteiger partial charge in [-0.05, 0) is 12.1 Å². The highest BCUT2D eigenvalue weighted by atomic mass is 35.5. The first-order valence-electron chi connectivity index (χ1n) is 4.04. The Balaban J connectivity index is 3.63. The number of hydrogen-bond donors (Lipinski definition) is 3. The molecule has 0 aromatic heterocycles. The molecule has 0 bridgehead atoms. The van der Waals surface area contributed by atoms with Crippen molar-refractivity contribution in [1.29, 1.82) is 0 Å². The highest BCUT2D eigenvalue weighted by molar-refractivity contribution is 7.62. The minimum absolute atomic E-state index is 0.627. The van der Waals surface area contributed by atoms with E-state index < -0.39 is 36.0 Å². The molecule has 0 radical (unpaired) electrons. The first-order valence-corrected chi connectivity index (χ1v) is 5.93. The number of halogens is 1. The van der Waals surface area contributed by atoms with E-state index in [9.17, 15) is 19.0 Å². The SMILES string of the molecule is O=C(O)c1cccc(P(=O)(O)OCl)c1C(=O)O. The number of carboxylic acids is 2. The monoisotopic (exact) mass is 280 g/mol. The highest BCUT2D eigenvalue weighted by Gasteiger charge is 2.32. The smallest absolute Gasteiger partial charge is 0.375 e. The van der Waals surface area contributed by atoms with Crippen LogP contribution in [0, 0.1) is 0 Å². The molecule has 0 aliphatic carbocycles. The zero-order valence-corrected chi connectivity index (χ0v) is 9.68. The number of carbonyl (C=O) groups is 2. The van der Waals surface area contributed by atoms with E-state index >= 15 is 0 Å². The van der Waals surface area contributed by atoms with Gasteiger partial charge in [0.1, 0.15) is 0 Å². The molecule has 3 N–H and O–H groups in total. The second-order valence-corrected chi connectivity index (χ2v) is 4.97. The van der Waals surface area contributed by atoms with Gasteiger partial charge in [0.2, 0.25) is 0 Å². The zero-order valence-electron chi connectivity index (χ0n) is 8.03. The summed E-state index contributed by atoms with van der Waals surface area (Å²) in [5.41, 5.74) is -1.45. The summed E-state index contributed by atoms with van der Waals surface area (Å²) in [5, 5.41) is 16.9. The molecule has 17 heavy (non-hydrogen) atoms. The molecule has 0 amide bonds. The third kappa shape index (κ3) is 2.65. The summed E-state index contributed by atoms with van der Waals surface area (Å²) in [7, 11) is -4.56. The van der Waals surface area contributed by atoms with Gasteiger partial charge in [-0.2, -0.15) is 4.08 Å². The molecule has 92 valence electrons. The van der Waals surface area contributed by atoms with E-state index in [4.69, 9.17) is 22.1 Å². The fourth-order valence-corrected chi connectivity index (χ4v) is 2.29. The number of carboxylic acid groups (broad SMARTS) is 2. The van der Waals surface area contributed by atoms with Gasteiger partial charge < -0.3 is 15.1 Å². The predicted molar refractivity (Wildman–Crippen MR) is 56.8 cm³/mol. The van der Waals surface area contributed by atoms with E-state index in [2.05, 4.69) is 4.08 Å². The van der Waals surface area contributed by atoms with E-state index in [1.54, 1.807) is 0 Å². The molecule has 9 heteroatoms. The lowest BCUT2D eigenvalue weighted by molar-refractivity contribution is 0.0652. The maximum atomic E-state index is 11.4. The van der Waals surface area contributed by atoms with Crippen LogP contribution in [0.5, 0.6) is 0 Å². The van der Waals surface area contributed by atoms with Gasteiger partial charge in [0.25, 0.3) is 0 Å².